The monoisotopic (exact) mass is 1970 g/mol. The number of nitrogens with two attached hydrogens (primary N) is 13. The highest BCUT2D eigenvalue weighted by atomic mass is 16.8. The van der Waals surface area contributed by atoms with Crippen molar-refractivity contribution >= 4 is 82.8 Å². The van der Waals surface area contributed by atoms with Crippen LogP contribution in [0, 0.1) is 82.9 Å². The Morgan fingerprint density at radius 2 is 0.566 bits per heavy atom. The number of hydrogen-bond donors (Lipinski definition) is 24. The first-order chi connectivity index (χ1) is 64.0. The van der Waals surface area contributed by atoms with Gasteiger partial charge in [0.1, 0.15) is 85.5 Å². The predicted octanol–water partition coefficient (Wildman–Crippen LogP) is -12.8. The minimum absolute atomic E-state index is 0.0196. The summed E-state index contributed by atoms with van der Waals surface area (Å²) >= 11 is 0. The lowest BCUT2D eigenvalue weighted by Gasteiger charge is -2.48. The third-order valence-corrected chi connectivity index (χ3v) is 24.3. The lowest BCUT2D eigenvalue weighted by molar-refractivity contribution is -0.381. The molecule has 30 atom stereocenters. The Morgan fingerprint density at radius 1 is 0.309 bits per heavy atom. The van der Waals surface area contributed by atoms with Crippen molar-refractivity contribution in [3.63, 3.8) is 0 Å². The van der Waals surface area contributed by atoms with Gasteiger partial charge in [0.15, 0.2) is 18.9 Å². The molecule has 37 N–H and O–H groups in total. The van der Waals surface area contributed by atoms with Gasteiger partial charge in [-0.05, 0) is 89.4 Å². The van der Waals surface area contributed by atoms with Crippen LogP contribution in [0.4, 0.5) is 0 Å². The van der Waals surface area contributed by atoms with Gasteiger partial charge in [-0.1, -0.05) is 13.8 Å². The number of carbonyl (C=O) groups is 14. The van der Waals surface area contributed by atoms with Crippen LogP contribution in [0.25, 0.3) is 0 Å². The highest BCUT2D eigenvalue weighted by Gasteiger charge is 2.55. The molecule has 4 heterocycles. The molecule has 0 aromatic heterocycles. The zero-order valence-electron chi connectivity index (χ0n) is 76.4. The molecule has 4 aliphatic rings. The standard InChI is InChI=1S/C82H143N13O41/c1-37(65(83)106)16-39(18-41(68(86)109)20-43(70(88)111)22-45(72(90)113)24-47(74(92)115)26-49(76(94)117)28-50(77(95)118)27-48(75(93)116)25-46(73(91)114)23-44(71(89)112)21-42(69(87)110)19-40(67(85)108)17-38(2)66(84)107)32-126-14-12-124-10-8-122-6-4-121-5-7-123-9-11-125-13-15-127-33-52(34-128-51-35-129-82(3,81(119)120)130-36-51)131-78-61(104)58(101)63(54(30-97)133-78)136-80-62(105)59(102)64(55(31-98)134-80)135-79-60(103)57(100)56(99)53(29-96)132-79/h37-64,78-80,96-105H,4-36H2,1-3H3,(H2,83,106)(H2,84,107)(H2,85,108)(H2,86,109)(H2,87,110)(H2,88,111)(H2,89,112)(H2,90,113)(H2,91,114)(H2,92,115)(H2,93,116)(H2,94,117)(H2,95,118)(H,119,120)/t37?,38?,39?,40?,41?,42?,43?,44?,45?,46?,47?,48?,49?,50?,51?,52?,53?,54-,55?,56-,57-,58?,59+,60?,61?,62?,63+,64-,78+,79+,80-,82?/m0/s1. The van der Waals surface area contributed by atoms with E-state index in [9.17, 15) is 123 Å². The summed E-state index contributed by atoms with van der Waals surface area (Å²) < 4.78 is 90.5. The van der Waals surface area contributed by atoms with E-state index in [1.807, 2.05) is 0 Å². The van der Waals surface area contributed by atoms with Crippen LogP contribution in [0.15, 0.2) is 0 Å². The van der Waals surface area contributed by atoms with E-state index in [0.717, 1.165) is 0 Å². The number of primary amides is 13. The molecule has 21 unspecified atom stereocenters. The highest BCUT2D eigenvalue weighted by molar-refractivity contribution is 5.87. The molecule has 54 nitrogen and oxygen atoms in total. The van der Waals surface area contributed by atoms with Crippen LogP contribution < -0.4 is 74.5 Å². The average molecular weight is 1970 g/mol. The molecule has 0 aromatic rings. The minimum atomic E-state index is -2.07. The summed E-state index contributed by atoms with van der Waals surface area (Å²) in [7, 11) is 0. The van der Waals surface area contributed by atoms with Crippen molar-refractivity contribution < 1.29 is 199 Å². The van der Waals surface area contributed by atoms with Crippen molar-refractivity contribution in [2.75, 3.05) is 132 Å². The van der Waals surface area contributed by atoms with Crippen molar-refractivity contribution in [3.8, 4) is 0 Å². The molecule has 4 aliphatic heterocycles. The molecule has 136 heavy (non-hydrogen) atoms. The van der Waals surface area contributed by atoms with E-state index in [0.29, 0.717) is 0 Å². The Labute approximate surface area is 783 Å². The van der Waals surface area contributed by atoms with Crippen LogP contribution >= 0.6 is 0 Å². The lowest BCUT2D eigenvalue weighted by Crippen LogP contribution is -2.66. The molecule has 13 amide bonds. The zero-order valence-corrected chi connectivity index (χ0v) is 76.4. The van der Waals surface area contributed by atoms with E-state index in [-0.39, 0.29) is 144 Å². The maximum Gasteiger partial charge on any atom is 0.364 e. The molecule has 0 aliphatic carbocycles. The van der Waals surface area contributed by atoms with Gasteiger partial charge in [0.05, 0.1) is 126 Å². The number of carboxylic acids is 1. The van der Waals surface area contributed by atoms with Crippen LogP contribution in [0.3, 0.4) is 0 Å². The second kappa shape index (κ2) is 60.5. The topological polar surface area (TPSA) is 947 Å². The summed E-state index contributed by atoms with van der Waals surface area (Å²) in [4.78, 5) is 179. The van der Waals surface area contributed by atoms with E-state index >= 15 is 0 Å². The van der Waals surface area contributed by atoms with E-state index in [1.165, 1.54) is 13.8 Å². The Balaban J connectivity index is 1.21. The third kappa shape index (κ3) is 40.0. The summed E-state index contributed by atoms with van der Waals surface area (Å²) in [6.07, 6.45) is -34.4. The van der Waals surface area contributed by atoms with E-state index in [1.54, 1.807) is 6.92 Å². The number of carboxylic acid groups (broad SMARTS) is 1. The minimum Gasteiger partial charge on any atom is -0.477 e. The Hall–Kier alpha value is -8.46. The number of aliphatic hydroxyl groups is 10. The maximum atomic E-state index is 13.2. The predicted molar refractivity (Wildman–Crippen MR) is 457 cm³/mol. The SMILES string of the molecule is CC(CC(COCCOCCOCCOCCOCCOCCOCC(COC1COC(C)(C(=O)O)OC1)O[C@@H]1O[C@@H](CO)[C@@H](O[C@@H]2OC(CO)[C@H](O[C@H]3OC(CO)[C@H](O)[C@H](O)C3O)[C@H](O)C2O)C(O)C1O)CC(CC(CC(CC(CC(CC(CC(CC(CC(CC(CC(CC(C)C(N)=O)C(N)=O)C(N)=O)C(N)=O)C(N)=O)C(N)=O)C(N)=O)C(N)=O)C(N)=O)C(N)=O)C(N)=O)C(N)=O)C(N)=O. The van der Waals surface area contributed by atoms with E-state index in [2.05, 4.69) is 0 Å². The molecular formula is C82H143N13O41. The van der Waals surface area contributed by atoms with Crippen molar-refractivity contribution in [2.24, 2.45) is 157 Å². The van der Waals surface area contributed by atoms with Crippen molar-refractivity contribution in [2.45, 2.75) is 214 Å². The van der Waals surface area contributed by atoms with Crippen LogP contribution in [0.2, 0.25) is 0 Å². The normalized spacial score (nSPS) is 27.6. The lowest BCUT2D eigenvalue weighted by atomic mass is 9.75. The van der Waals surface area contributed by atoms with Gasteiger partial charge < -0.3 is 206 Å². The number of aliphatic carboxylic acids is 1. The van der Waals surface area contributed by atoms with Crippen molar-refractivity contribution in [1.82, 2.24) is 0 Å². The fraction of sp³-hybridized carbons (Fsp3) is 0.829. The number of rotatable bonds is 74. The number of hydrogen-bond acceptors (Lipinski definition) is 40. The molecule has 4 saturated heterocycles. The molecule has 782 valence electrons. The summed E-state index contributed by atoms with van der Waals surface area (Å²) in [5.41, 5.74) is 74.4. The second-order valence-corrected chi connectivity index (χ2v) is 34.7. The second-order valence-electron chi connectivity index (χ2n) is 34.7. The van der Waals surface area contributed by atoms with Gasteiger partial charge in [-0.3, -0.25) is 62.3 Å². The fourth-order valence-corrected chi connectivity index (χ4v) is 16.1. The Morgan fingerprint density at radius 3 is 0.860 bits per heavy atom. The molecular weight excluding hydrogens is 1820 g/mol. The Bertz CT molecular complexity index is 3750. The molecule has 0 saturated carbocycles. The van der Waals surface area contributed by atoms with Crippen molar-refractivity contribution in [3.05, 3.63) is 0 Å². The first-order valence-corrected chi connectivity index (χ1v) is 44.5. The van der Waals surface area contributed by atoms with E-state index in [4.69, 9.17) is 150 Å². The smallest absolute Gasteiger partial charge is 0.364 e. The molecule has 4 rings (SSSR count). The number of ether oxygens (including phenoxy) is 16. The van der Waals surface area contributed by atoms with Gasteiger partial charge in [-0.15, -0.1) is 0 Å². The molecule has 0 spiro atoms. The van der Waals surface area contributed by atoms with Crippen LogP contribution in [0.5, 0.6) is 0 Å². The van der Waals surface area contributed by atoms with Gasteiger partial charge in [-0.25, -0.2) is 4.79 Å². The maximum absolute atomic E-state index is 13.2. The van der Waals surface area contributed by atoms with Gasteiger partial charge in [0.2, 0.25) is 76.8 Å². The van der Waals surface area contributed by atoms with Gasteiger partial charge >= 0.3 is 5.97 Å². The summed E-state index contributed by atoms with van der Waals surface area (Å²) in [6.45, 7) is 1.76. The summed E-state index contributed by atoms with van der Waals surface area (Å²) in [5.74, 6) is -33.6. The highest BCUT2D eigenvalue weighted by Crippen LogP contribution is 2.38. The molecule has 54 heteroatoms. The van der Waals surface area contributed by atoms with Gasteiger partial charge in [-0.2, -0.15) is 0 Å². The van der Waals surface area contributed by atoms with Crippen LogP contribution in [-0.2, 0) is 143 Å². The molecule has 0 bridgehead atoms. The summed E-state index contributed by atoms with van der Waals surface area (Å²) in [5, 5.41) is 116. The van der Waals surface area contributed by atoms with E-state index < -0.39 is 347 Å². The Kier molecular flexibility index (Phi) is 53.3. The molecule has 0 radical (unpaired) electrons. The number of aliphatic hydroxyl groups excluding tert-OH is 10. The number of amides is 13. The van der Waals surface area contributed by atoms with Crippen LogP contribution in [0.1, 0.15) is 104 Å². The van der Waals surface area contributed by atoms with Crippen molar-refractivity contribution in [1.29, 1.82) is 0 Å². The molecule has 4 fully saturated rings. The fourth-order valence-electron chi connectivity index (χ4n) is 16.1. The van der Waals surface area contributed by atoms with Gasteiger partial charge in [0, 0.05) is 90.5 Å². The summed E-state index contributed by atoms with van der Waals surface area (Å²) in [6, 6.07) is 0. The van der Waals surface area contributed by atoms with Crippen LogP contribution in [-0.4, -0.2) is 381 Å². The first-order valence-electron chi connectivity index (χ1n) is 44.5. The zero-order chi connectivity index (χ0) is 102. The average Bonchev–Trinajstić information content (AvgIpc) is 0.778. The largest absolute Gasteiger partial charge is 0.477 e. The molecule has 0 aromatic carbocycles. The third-order valence-electron chi connectivity index (χ3n) is 24.3. The number of carbonyl (C=O) groups excluding carboxylic acids is 13. The van der Waals surface area contributed by atoms with Gasteiger partial charge in [0.25, 0.3) is 5.79 Å². The first kappa shape index (κ1) is 120. The quantitative estimate of drug-likeness (QED) is 0.0251.